The monoisotopic (exact) mass is 337 g/mol. The Morgan fingerprint density at radius 2 is 1.88 bits per heavy atom. The van der Waals surface area contributed by atoms with Crippen LogP contribution in [0.2, 0.25) is 0 Å². The van der Waals surface area contributed by atoms with Crippen molar-refractivity contribution in [3.05, 3.63) is 48.7 Å². The minimum absolute atomic E-state index is 0.669. The van der Waals surface area contributed by atoms with Crippen LogP contribution in [0.4, 0.5) is 5.95 Å². The van der Waals surface area contributed by atoms with Gasteiger partial charge >= 0.3 is 0 Å². The summed E-state index contributed by atoms with van der Waals surface area (Å²) in [6, 6.07) is 14.4. The second kappa shape index (κ2) is 7.63. The fraction of sp³-hybridized carbons (Fsp3) is 0.368. The Kier molecular flexibility index (Phi) is 4.90. The van der Waals surface area contributed by atoms with Crippen LogP contribution in [-0.4, -0.2) is 58.9 Å². The van der Waals surface area contributed by atoms with E-state index in [2.05, 4.69) is 38.5 Å². The third kappa shape index (κ3) is 3.81. The summed E-state index contributed by atoms with van der Waals surface area (Å²) in [5, 5.41) is 8.00. The molecule has 3 heterocycles. The van der Waals surface area contributed by atoms with E-state index in [1.807, 2.05) is 35.0 Å². The van der Waals surface area contributed by atoms with Crippen LogP contribution in [0.5, 0.6) is 0 Å². The van der Waals surface area contributed by atoms with E-state index in [1.54, 1.807) is 0 Å². The molecule has 0 unspecified atom stereocenters. The maximum absolute atomic E-state index is 5.38. The highest BCUT2D eigenvalue weighted by Gasteiger charge is 2.10. The molecule has 25 heavy (non-hydrogen) atoms. The van der Waals surface area contributed by atoms with Crippen molar-refractivity contribution in [2.24, 2.45) is 0 Å². The molecule has 1 N–H and O–H groups in total. The average Bonchev–Trinajstić information content (AvgIpc) is 3.10. The average molecular weight is 337 g/mol. The van der Waals surface area contributed by atoms with Gasteiger partial charge in [-0.1, -0.05) is 30.3 Å². The van der Waals surface area contributed by atoms with Gasteiger partial charge in [0.1, 0.15) is 0 Å². The van der Waals surface area contributed by atoms with Crippen LogP contribution in [-0.2, 0) is 4.74 Å². The van der Waals surface area contributed by atoms with E-state index in [4.69, 9.17) is 4.74 Å². The molecule has 6 nitrogen and oxygen atoms in total. The molecule has 0 aliphatic carbocycles. The minimum Gasteiger partial charge on any atom is -0.379 e. The van der Waals surface area contributed by atoms with E-state index in [0.29, 0.717) is 5.95 Å². The first kappa shape index (κ1) is 16.1. The largest absolute Gasteiger partial charge is 0.379 e. The van der Waals surface area contributed by atoms with Crippen LogP contribution in [0.1, 0.15) is 6.42 Å². The summed E-state index contributed by atoms with van der Waals surface area (Å²) in [5.41, 5.74) is 3.23. The summed E-state index contributed by atoms with van der Waals surface area (Å²) in [7, 11) is 0. The van der Waals surface area contributed by atoms with Crippen molar-refractivity contribution in [3.63, 3.8) is 0 Å². The predicted molar refractivity (Wildman–Crippen MR) is 98.8 cm³/mol. The molecule has 3 aromatic rings. The zero-order valence-electron chi connectivity index (χ0n) is 14.3. The van der Waals surface area contributed by atoms with Gasteiger partial charge in [0, 0.05) is 25.2 Å². The van der Waals surface area contributed by atoms with Gasteiger partial charge in [-0.25, -0.2) is 9.50 Å². The van der Waals surface area contributed by atoms with Gasteiger partial charge in [0.2, 0.25) is 5.95 Å². The van der Waals surface area contributed by atoms with E-state index < -0.39 is 0 Å². The highest BCUT2D eigenvalue weighted by atomic mass is 16.5. The Balaban J connectivity index is 1.40. The van der Waals surface area contributed by atoms with Crippen LogP contribution < -0.4 is 5.32 Å². The van der Waals surface area contributed by atoms with Gasteiger partial charge in [0.15, 0.2) is 0 Å². The molecular formula is C19H23N5O. The summed E-state index contributed by atoms with van der Waals surface area (Å²) in [5.74, 6) is 0.669. The molecule has 6 heteroatoms. The van der Waals surface area contributed by atoms with E-state index in [-0.39, 0.29) is 0 Å². The lowest BCUT2D eigenvalue weighted by atomic mass is 10.2. The maximum Gasteiger partial charge on any atom is 0.241 e. The van der Waals surface area contributed by atoms with Gasteiger partial charge in [-0.15, -0.1) is 5.10 Å². The molecule has 0 saturated carbocycles. The number of morpholine rings is 1. The summed E-state index contributed by atoms with van der Waals surface area (Å²) >= 11 is 0. The second-order valence-corrected chi connectivity index (χ2v) is 6.24. The van der Waals surface area contributed by atoms with Crippen LogP contribution in [0.3, 0.4) is 0 Å². The number of rotatable bonds is 6. The van der Waals surface area contributed by atoms with E-state index >= 15 is 0 Å². The third-order valence-electron chi connectivity index (χ3n) is 4.51. The quantitative estimate of drug-likeness (QED) is 0.701. The van der Waals surface area contributed by atoms with Crippen molar-refractivity contribution < 1.29 is 4.74 Å². The smallest absolute Gasteiger partial charge is 0.241 e. The predicted octanol–water partition coefficient (Wildman–Crippen LogP) is 2.53. The maximum atomic E-state index is 5.38. The molecule has 0 radical (unpaired) electrons. The van der Waals surface area contributed by atoms with Crippen molar-refractivity contribution in [1.29, 1.82) is 0 Å². The number of hydrogen-bond acceptors (Lipinski definition) is 5. The Labute approximate surface area is 147 Å². The van der Waals surface area contributed by atoms with Gasteiger partial charge in [0.05, 0.1) is 30.6 Å². The SMILES string of the molecule is c1ccc(-c2ccc3cnc(NCCCN4CCOCC4)nn23)cc1. The fourth-order valence-corrected chi connectivity index (χ4v) is 3.14. The fourth-order valence-electron chi connectivity index (χ4n) is 3.14. The van der Waals surface area contributed by atoms with Crippen LogP contribution in [0.15, 0.2) is 48.7 Å². The first-order valence-corrected chi connectivity index (χ1v) is 8.84. The van der Waals surface area contributed by atoms with Crippen molar-refractivity contribution in [3.8, 4) is 11.3 Å². The summed E-state index contributed by atoms with van der Waals surface area (Å²) in [6.07, 6.45) is 2.93. The van der Waals surface area contributed by atoms with Crippen LogP contribution >= 0.6 is 0 Å². The van der Waals surface area contributed by atoms with Gasteiger partial charge in [0.25, 0.3) is 0 Å². The first-order chi connectivity index (χ1) is 12.4. The highest BCUT2D eigenvalue weighted by Crippen LogP contribution is 2.21. The third-order valence-corrected chi connectivity index (χ3v) is 4.51. The Bertz CT molecular complexity index is 811. The van der Waals surface area contributed by atoms with Crippen molar-refractivity contribution in [2.45, 2.75) is 6.42 Å². The molecule has 1 aromatic carbocycles. The molecule has 2 aromatic heterocycles. The molecule has 1 aliphatic rings. The van der Waals surface area contributed by atoms with E-state index in [9.17, 15) is 0 Å². The van der Waals surface area contributed by atoms with Gasteiger partial charge in [-0.05, 0) is 25.1 Å². The molecule has 0 spiro atoms. The Hall–Kier alpha value is -2.44. The lowest BCUT2D eigenvalue weighted by Crippen LogP contribution is -2.37. The number of benzene rings is 1. The topological polar surface area (TPSA) is 54.7 Å². The number of aromatic nitrogens is 3. The number of nitrogens with one attached hydrogen (secondary N) is 1. The van der Waals surface area contributed by atoms with Crippen molar-refractivity contribution >= 4 is 11.5 Å². The standard InChI is InChI=1S/C19H23N5O/c1-2-5-16(6-3-1)18-8-7-17-15-21-19(22-24(17)18)20-9-4-10-23-11-13-25-14-12-23/h1-3,5-8,15H,4,9-14H2,(H,20,22). The zero-order chi connectivity index (χ0) is 16.9. The zero-order valence-corrected chi connectivity index (χ0v) is 14.3. The summed E-state index contributed by atoms with van der Waals surface area (Å²) < 4.78 is 7.33. The number of ether oxygens (including phenoxy) is 1. The number of fused-ring (bicyclic) bond motifs is 1. The number of nitrogens with zero attached hydrogens (tertiary/aromatic N) is 4. The minimum atomic E-state index is 0.669. The molecule has 4 rings (SSSR count). The van der Waals surface area contributed by atoms with Crippen LogP contribution in [0, 0.1) is 0 Å². The molecule has 130 valence electrons. The van der Waals surface area contributed by atoms with Gasteiger partial charge < -0.3 is 10.1 Å². The van der Waals surface area contributed by atoms with Crippen molar-refractivity contribution in [2.75, 3.05) is 44.7 Å². The lowest BCUT2D eigenvalue weighted by molar-refractivity contribution is 0.0378. The Morgan fingerprint density at radius 1 is 1.04 bits per heavy atom. The second-order valence-electron chi connectivity index (χ2n) is 6.24. The molecule has 0 amide bonds. The van der Waals surface area contributed by atoms with Crippen molar-refractivity contribution in [1.82, 2.24) is 19.5 Å². The van der Waals surface area contributed by atoms with Crippen LogP contribution in [0.25, 0.3) is 16.8 Å². The van der Waals surface area contributed by atoms with E-state index in [1.165, 1.54) is 0 Å². The first-order valence-electron chi connectivity index (χ1n) is 8.84. The number of anilines is 1. The molecule has 1 saturated heterocycles. The number of hydrogen-bond donors (Lipinski definition) is 1. The molecule has 1 aliphatic heterocycles. The van der Waals surface area contributed by atoms with Gasteiger partial charge in [-0.2, -0.15) is 0 Å². The molecular weight excluding hydrogens is 314 g/mol. The molecule has 0 atom stereocenters. The Morgan fingerprint density at radius 3 is 2.72 bits per heavy atom. The van der Waals surface area contributed by atoms with Gasteiger partial charge in [-0.3, -0.25) is 4.90 Å². The molecule has 1 fully saturated rings. The molecule has 0 bridgehead atoms. The highest BCUT2D eigenvalue weighted by molar-refractivity contribution is 5.66. The van der Waals surface area contributed by atoms with E-state index in [0.717, 1.165) is 62.6 Å². The summed E-state index contributed by atoms with van der Waals surface area (Å²) in [4.78, 5) is 6.86. The lowest BCUT2D eigenvalue weighted by Gasteiger charge is -2.26. The normalized spacial score (nSPS) is 15.5. The summed E-state index contributed by atoms with van der Waals surface area (Å²) in [6.45, 7) is 5.72.